The number of ether oxygens (including phenoxy) is 1. The van der Waals surface area contributed by atoms with Crippen molar-refractivity contribution >= 4 is 5.69 Å². The largest absolute Gasteiger partial charge is 0.487 e. The van der Waals surface area contributed by atoms with Crippen molar-refractivity contribution in [3.63, 3.8) is 0 Å². The van der Waals surface area contributed by atoms with Crippen molar-refractivity contribution in [2.24, 2.45) is 5.92 Å². The second-order valence-corrected chi connectivity index (χ2v) is 4.07. The third-order valence-corrected chi connectivity index (χ3v) is 2.89. The van der Waals surface area contributed by atoms with Crippen molar-refractivity contribution in [3.05, 3.63) is 33.9 Å². The first kappa shape index (κ1) is 10.9. The van der Waals surface area contributed by atoms with Gasteiger partial charge in [0.1, 0.15) is 11.9 Å². The van der Waals surface area contributed by atoms with Crippen molar-refractivity contribution in [2.45, 2.75) is 19.4 Å². The summed E-state index contributed by atoms with van der Waals surface area (Å²) in [5, 5.41) is 19.7. The van der Waals surface area contributed by atoms with E-state index in [0.29, 0.717) is 12.2 Å². The fourth-order valence-electron chi connectivity index (χ4n) is 1.93. The molecule has 0 radical (unpaired) electrons. The molecule has 16 heavy (non-hydrogen) atoms. The maximum atomic E-state index is 10.6. The van der Waals surface area contributed by atoms with Gasteiger partial charge in [-0.15, -0.1) is 0 Å². The lowest BCUT2D eigenvalue weighted by atomic mass is 9.92. The molecule has 0 amide bonds. The minimum atomic E-state index is -0.414. The van der Waals surface area contributed by atoms with Crippen molar-refractivity contribution in [1.82, 2.24) is 0 Å². The summed E-state index contributed by atoms with van der Waals surface area (Å²) in [4.78, 5) is 10.2. The quantitative estimate of drug-likeness (QED) is 0.609. The molecule has 0 spiro atoms. The van der Waals surface area contributed by atoms with Crippen LogP contribution in [0, 0.1) is 16.0 Å². The summed E-state index contributed by atoms with van der Waals surface area (Å²) >= 11 is 0. The number of fused-ring (bicyclic) bond motifs is 1. The van der Waals surface area contributed by atoms with Gasteiger partial charge >= 0.3 is 0 Å². The van der Waals surface area contributed by atoms with E-state index in [0.717, 1.165) is 5.56 Å². The van der Waals surface area contributed by atoms with Gasteiger partial charge in [-0.2, -0.15) is 0 Å². The first-order valence-corrected chi connectivity index (χ1v) is 5.16. The lowest BCUT2D eigenvalue weighted by Crippen LogP contribution is -2.34. The summed E-state index contributed by atoms with van der Waals surface area (Å²) in [5.41, 5.74) is 0.920. The Labute approximate surface area is 92.8 Å². The van der Waals surface area contributed by atoms with E-state index in [9.17, 15) is 10.1 Å². The Balaban J connectivity index is 2.32. The van der Waals surface area contributed by atoms with Gasteiger partial charge in [-0.3, -0.25) is 10.1 Å². The Bertz CT molecular complexity index is 418. The van der Waals surface area contributed by atoms with Crippen molar-refractivity contribution < 1.29 is 14.8 Å². The molecule has 1 aliphatic rings. The predicted molar refractivity (Wildman–Crippen MR) is 57.5 cm³/mol. The summed E-state index contributed by atoms with van der Waals surface area (Å²) in [7, 11) is 0. The van der Waals surface area contributed by atoms with Gasteiger partial charge in [-0.25, -0.2) is 0 Å². The zero-order valence-electron chi connectivity index (χ0n) is 8.92. The van der Waals surface area contributed by atoms with Crippen LogP contribution in [0.3, 0.4) is 0 Å². The van der Waals surface area contributed by atoms with Crippen LogP contribution in [0.4, 0.5) is 5.69 Å². The van der Waals surface area contributed by atoms with Crippen LogP contribution in [0.1, 0.15) is 12.5 Å². The maximum absolute atomic E-state index is 10.6. The molecule has 0 bridgehead atoms. The molecule has 2 rings (SSSR count). The van der Waals surface area contributed by atoms with Crippen LogP contribution in [-0.4, -0.2) is 22.7 Å². The number of aliphatic hydroxyl groups excluding tert-OH is 1. The second-order valence-electron chi connectivity index (χ2n) is 4.07. The van der Waals surface area contributed by atoms with Gasteiger partial charge < -0.3 is 9.84 Å². The summed E-state index contributed by atoms with van der Waals surface area (Å²) in [6.07, 6.45) is 0.483. The van der Waals surface area contributed by atoms with Gasteiger partial charge in [-0.1, -0.05) is 6.92 Å². The van der Waals surface area contributed by atoms with E-state index in [2.05, 4.69) is 0 Å². The second kappa shape index (κ2) is 4.09. The van der Waals surface area contributed by atoms with E-state index in [1.807, 2.05) is 6.92 Å². The van der Waals surface area contributed by atoms with Crippen LogP contribution in [0.25, 0.3) is 0 Å². The highest BCUT2D eigenvalue weighted by Gasteiger charge is 2.27. The SMILES string of the molecule is C[C@H]1Cc2cc([N+](=O)[O-])ccc2O[C@H]1CO. The van der Waals surface area contributed by atoms with Gasteiger partial charge in [0.15, 0.2) is 0 Å². The van der Waals surface area contributed by atoms with Crippen molar-refractivity contribution in [2.75, 3.05) is 6.61 Å². The van der Waals surface area contributed by atoms with E-state index in [-0.39, 0.29) is 24.3 Å². The van der Waals surface area contributed by atoms with Crippen LogP contribution in [-0.2, 0) is 6.42 Å². The number of benzene rings is 1. The number of nitro groups is 1. The van der Waals surface area contributed by atoms with Crippen molar-refractivity contribution in [3.8, 4) is 5.75 Å². The molecule has 0 aliphatic carbocycles. The molecule has 0 aromatic heterocycles. The summed E-state index contributed by atoms with van der Waals surface area (Å²) in [6, 6.07) is 4.56. The molecule has 2 atom stereocenters. The van der Waals surface area contributed by atoms with Crippen LogP contribution in [0.5, 0.6) is 5.75 Å². The third kappa shape index (κ3) is 1.86. The minimum Gasteiger partial charge on any atom is -0.487 e. The fraction of sp³-hybridized carbons (Fsp3) is 0.455. The lowest BCUT2D eigenvalue weighted by molar-refractivity contribution is -0.385. The topological polar surface area (TPSA) is 72.6 Å². The monoisotopic (exact) mass is 223 g/mol. The van der Waals surface area contributed by atoms with Crippen LogP contribution in [0.15, 0.2) is 18.2 Å². The number of nitrogens with zero attached hydrogens (tertiary/aromatic N) is 1. The van der Waals surface area contributed by atoms with Gasteiger partial charge in [0.2, 0.25) is 0 Å². The Morgan fingerprint density at radius 1 is 1.62 bits per heavy atom. The highest BCUT2D eigenvalue weighted by molar-refractivity contribution is 5.45. The van der Waals surface area contributed by atoms with E-state index in [4.69, 9.17) is 9.84 Å². The molecule has 0 saturated heterocycles. The van der Waals surface area contributed by atoms with E-state index >= 15 is 0 Å². The average Bonchev–Trinajstić information content (AvgIpc) is 2.27. The number of rotatable bonds is 2. The molecule has 5 nitrogen and oxygen atoms in total. The summed E-state index contributed by atoms with van der Waals surface area (Å²) in [5.74, 6) is 0.808. The van der Waals surface area contributed by atoms with Gasteiger partial charge in [0.25, 0.3) is 5.69 Å². The van der Waals surface area contributed by atoms with Crippen LogP contribution in [0.2, 0.25) is 0 Å². The Kier molecular flexibility index (Phi) is 2.78. The smallest absolute Gasteiger partial charge is 0.269 e. The minimum absolute atomic E-state index is 0.0302. The third-order valence-electron chi connectivity index (χ3n) is 2.89. The van der Waals surface area contributed by atoms with Crippen LogP contribution >= 0.6 is 0 Å². The van der Waals surface area contributed by atoms with Gasteiger partial charge in [0.05, 0.1) is 11.5 Å². The number of hydrogen-bond acceptors (Lipinski definition) is 4. The zero-order valence-corrected chi connectivity index (χ0v) is 8.92. The first-order chi connectivity index (χ1) is 7.61. The number of aliphatic hydroxyl groups is 1. The highest BCUT2D eigenvalue weighted by Crippen LogP contribution is 2.33. The molecule has 5 heteroatoms. The van der Waals surface area contributed by atoms with E-state index < -0.39 is 4.92 Å². The molecule has 0 unspecified atom stereocenters. The molecular formula is C11H13NO4. The van der Waals surface area contributed by atoms with E-state index in [1.165, 1.54) is 6.07 Å². The number of hydrogen-bond donors (Lipinski definition) is 1. The summed E-state index contributed by atoms with van der Waals surface area (Å²) in [6.45, 7) is 1.93. The first-order valence-electron chi connectivity index (χ1n) is 5.16. The van der Waals surface area contributed by atoms with Crippen LogP contribution < -0.4 is 4.74 Å². The molecule has 1 aliphatic heterocycles. The predicted octanol–water partition coefficient (Wildman–Crippen LogP) is 1.53. The molecule has 1 aromatic carbocycles. The Hall–Kier alpha value is -1.62. The van der Waals surface area contributed by atoms with Gasteiger partial charge in [-0.05, 0) is 18.4 Å². The maximum Gasteiger partial charge on any atom is 0.269 e. The molecule has 1 N–H and O–H groups in total. The molecule has 0 saturated carbocycles. The van der Waals surface area contributed by atoms with E-state index in [1.54, 1.807) is 12.1 Å². The molecule has 0 fully saturated rings. The zero-order chi connectivity index (χ0) is 11.7. The molecule has 1 aromatic rings. The normalized spacial score (nSPS) is 23.4. The average molecular weight is 223 g/mol. The molecular weight excluding hydrogens is 210 g/mol. The standard InChI is InChI=1S/C11H13NO4/c1-7-4-8-5-9(12(14)15)2-3-10(8)16-11(7)6-13/h2-3,5,7,11,13H,4,6H2,1H3/t7-,11-/m0/s1. The Morgan fingerprint density at radius 2 is 2.38 bits per heavy atom. The molecule has 1 heterocycles. The number of non-ortho nitro benzene ring substituents is 1. The van der Waals surface area contributed by atoms with Crippen molar-refractivity contribution in [1.29, 1.82) is 0 Å². The fourth-order valence-corrected chi connectivity index (χ4v) is 1.93. The lowest BCUT2D eigenvalue weighted by Gasteiger charge is -2.30. The molecule has 86 valence electrons. The number of nitro benzene ring substituents is 1. The van der Waals surface area contributed by atoms with Gasteiger partial charge in [0, 0.05) is 17.7 Å². The Morgan fingerprint density at radius 3 is 3.00 bits per heavy atom. The highest BCUT2D eigenvalue weighted by atomic mass is 16.6. The summed E-state index contributed by atoms with van der Waals surface area (Å²) < 4.78 is 5.56.